The van der Waals surface area contributed by atoms with E-state index in [4.69, 9.17) is 17.3 Å². The van der Waals surface area contributed by atoms with Gasteiger partial charge in [0.25, 0.3) is 0 Å². The van der Waals surface area contributed by atoms with Gasteiger partial charge in [-0.3, -0.25) is 0 Å². The quantitative estimate of drug-likeness (QED) is 0.904. The molecule has 16 heavy (non-hydrogen) atoms. The number of sulfone groups is 1. The number of hydrogen-bond acceptors (Lipinski definition) is 3. The summed E-state index contributed by atoms with van der Waals surface area (Å²) in [5.74, 6) is 0.107. The van der Waals surface area contributed by atoms with Crippen molar-refractivity contribution in [1.29, 1.82) is 0 Å². The van der Waals surface area contributed by atoms with E-state index in [2.05, 4.69) is 0 Å². The van der Waals surface area contributed by atoms with Crippen molar-refractivity contribution >= 4 is 21.4 Å². The highest BCUT2D eigenvalue weighted by molar-refractivity contribution is 7.92. The van der Waals surface area contributed by atoms with Gasteiger partial charge in [-0.05, 0) is 24.6 Å². The zero-order valence-electron chi connectivity index (χ0n) is 9.35. The third-order valence-electron chi connectivity index (χ3n) is 2.73. The monoisotopic (exact) mass is 261 g/mol. The molecule has 5 heteroatoms. The van der Waals surface area contributed by atoms with Crippen LogP contribution in [0.15, 0.2) is 24.3 Å². The number of rotatable bonds is 4. The first kappa shape index (κ1) is 13.5. The first-order chi connectivity index (χ1) is 7.38. The van der Waals surface area contributed by atoms with E-state index in [1.54, 1.807) is 38.1 Å². The molecule has 0 spiro atoms. The Morgan fingerprint density at radius 3 is 2.25 bits per heavy atom. The van der Waals surface area contributed by atoms with Crippen LogP contribution >= 0.6 is 11.6 Å². The van der Waals surface area contributed by atoms with E-state index in [-0.39, 0.29) is 5.75 Å². The third-order valence-corrected chi connectivity index (χ3v) is 5.21. The van der Waals surface area contributed by atoms with Gasteiger partial charge in [0.1, 0.15) is 0 Å². The van der Waals surface area contributed by atoms with Crippen molar-refractivity contribution in [3.8, 4) is 0 Å². The van der Waals surface area contributed by atoms with Crippen LogP contribution in [0, 0.1) is 0 Å². The van der Waals surface area contributed by atoms with E-state index in [0.29, 0.717) is 5.02 Å². The van der Waals surface area contributed by atoms with E-state index in [0.717, 1.165) is 5.56 Å². The molecule has 0 fully saturated rings. The van der Waals surface area contributed by atoms with Crippen molar-refractivity contribution in [1.82, 2.24) is 0 Å². The molecule has 0 heterocycles. The van der Waals surface area contributed by atoms with Crippen LogP contribution in [0.3, 0.4) is 0 Å². The zero-order valence-corrected chi connectivity index (χ0v) is 10.9. The summed E-state index contributed by atoms with van der Waals surface area (Å²) in [6, 6.07) is 6.43. The first-order valence-electron chi connectivity index (χ1n) is 5.11. The van der Waals surface area contributed by atoms with Crippen molar-refractivity contribution in [2.75, 3.05) is 5.75 Å². The summed E-state index contributed by atoms with van der Waals surface area (Å²) in [5, 5.41) is 0.0284. The van der Waals surface area contributed by atoms with Gasteiger partial charge >= 0.3 is 0 Å². The molecule has 0 bridgehead atoms. The van der Waals surface area contributed by atoms with Gasteiger partial charge < -0.3 is 5.73 Å². The number of hydrogen-bond donors (Lipinski definition) is 1. The molecule has 0 aliphatic carbocycles. The van der Waals surface area contributed by atoms with Gasteiger partial charge in [0.15, 0.2) is 9.84 Å². The Labute approximate surface area is 102 Å². The summed E-state index contributed by atoms with van der Waals surface area (Å²) in [7, 11) is -3.11. The Bertz CT molecular complexity index is 442. The lowest BCUT2D eigenvalue weighted by Gasteiger charge is -2.19. The van der Waals surface area contributed by atoms with Gasteiger partial charge in [-0.15, -0.1) is 0 Å². The van der Waals surface area contributed by atoms with Gasteiger partial charge in [-0.1, -0.05) is 30.7 Å². The topological polar surface area (TPSA) is 60.2 Å². The fourth-order valence-corrected chi connectivity index (χ4v) is 2.70. The molecule has 0 aromatic heterocycles. The summed E-state index contributed by atoms with van der Waals surface area (Å²) in [5.41, 5.74) is 6.71. The second-order valence-electron chi connectivity index (χ2n) is 3.73. The van der Waals surface area contributed by atoms with Crippen LogP contribution < -0.4 is 5.73 Å². The van der Waals surface area contributed by atoms with Crippen LogP contribution in [-0.4, -0.2) is 19.4 Å². The fraction of sp³-hybridized carbons (Fsp3) is 0.455. The standard InChI is InChI=1S/C11H16ClNO2S/c1-3-16(14,15)8(2)11(13)9-4-6-10(12)7-5-9/h4-8,11H,3,13H2,1-2H3/t8-,11+/m0/s1. The molecule has 0 saturated carbocycles. The summed E-state index contributed by atoms with van der Waals surface area (Å²) >= 11 is 5.75. The molecule has 0 saturated heterocycles. The molecule has 1 rings (SSSR count). The molecule has 0 radical (unpaired) electrons. The Kier molecular flexibility index (Phi) is 4.35. The number of halogens is 1. The summed E-state index contributed by atoms with van der Waals surface area (Å²) in [4.78, 5) is 0. The lowest BCUT2D eigenvalue weighted by atomic mass is 10.1. The molecule has 90 valence electrons. The van der Waals surface area contributed by atoms with E-state index < -0.39 is 21.1 Å². The highest BCUT2D eigenvalue weighted by Gasteiger charge is 2.26. The predicted molar refractivity (Wildman–Crippen MR) is 67.3 cm³/mol. The van der Waals surface area contributed by atoms with Crippen molar-refractivity contribution in [3.05, 3.63) is 34.9 Å². The minimum absolute atomic E-state index is 0.107. The maximum Gasteiger partial charge on any atom is 0.154 e. The van der Waals surface area contributed by atoms with Crippen LogP contribution in [0.5, 0.6) is 0 Å². The molecule has 0 aliphatic heterocycles. The normalized spacial score (nSPS) is 15.8. The van der Waals surface area contributed by atoms with Crippen LogP contribution in [0.25, 0.3) is 0 Å². The predicted octanol–water partition coefficient (Wildman–Crippen LogP) is 2.16. The first-order valence-corrected chi connectivity index (χ1v) is 7.20. The van der Waals surface area contributed by atoms with Gasteiger partial charge in [0, 0.05) is 16.8 Å². The minimum Gasteiger partial charge on any atom is -0.323 e. The maximum atomic E-state index is 11.7. The van der Waals surface area contributed by atoms with Crippen molar-refractivity contribution in [2.24, 2.45) is 5.73 Å². The molecule has 0 unspecified atom stereocenters. The molecular formula is C11H16ClNO2S. The zero-order chi connectivity index (χ0) is 12.3. The Morgan fingerprint density at radius 1 is 1.31 bits per heavy atom. The second-order valence-corrected chi connectivity index (χ2v) is 6.82. The Balaban J connectivity index is 2.94. The summed E-state index contributed by atoms with van der Waals surface area (Å²) < 4.78 is 23.3. The van der Waals surface area contributed by atoms with E-state index in [1.807, 2.05) is 0 Å². The molecule has 2 N–H and O–H groups in total. The van der Waals surface area contributed by atoms with E-state index in [1.165, 1.54) is 0 Å². The largest absolute Gasteiger partial charge is 0.323 e. The van der Waals surface area contributed by atoms with Crippen LogP contribution in [0.4, 0.5) is 0 Å². The molecule has 0 amide bonds. The van der Waals surface area contributed by atoms with Crippen molar-refractivity contribution < 1.29 is 8.42 Å². The lowest BCUT2D eigenvalue weighted by Crippen LogP contribution is -2.32. The summed E-state index contributed by atoms with van der Waals surface area (Å²) in [6.07, 6.45) is 0. The number of nitrogens with two attached hydrogens (primary N) is 1. The second kappa shape index (κ2) is 5.17. The average molecular weight is 262 g/mol. The Morgan fingerprint density at radius 2 is 1.81 bits per heavy atom. The molecular weight excluding hydrogens is 246 g/mol. The highest BCUT2D eigenvalue weighted by atomic mass is 35.5. The van der Waals surface area contributed by atoms with Crippen LogP contribution in [0.1, 0.15) is 25.5 Å². The molecule has 1 aromatic rings. The maximum absolute atomic E-state index is 11.7. The van der Waals surface area contributed by atoms with Crippen molar-refractivity contribution in [3.63, 3.8) is 0 Å². The SMILES string of the molecule is CCS(=O)(=O)[C@@H](C)[C@@H](N)c1ccc(Cl)cc1. The molecule has 2 atom stereocenters. The minimum atomic E-state index is -3.11. The Hall–Kier alpha value is -0.580. The van der Waals surface area contributed by atoms with Gasteiger partial charge in [0.05, 0.1) is 5.25 Å². The third kappa shape index (κ3) is 2.97. The van der Waals surface area contributed by atoms with Gasteiger partial charge in [-0.25, -0.2) is 8.42 Å². The van der Waals surface area contributed by atoms with Gasteiger partial charge in [0.2, 0.25) is 0 Å². The lowest BCUT2D eigenvalue weighted by molar-refractivity contribution is 0.566. The van der Waals surface area contributed by atoms with Crippen LogP contribution in [0.2, 0.25) is 5.02 Å². The van der Waals surface area contributed by atoms with Crippen molar-refractivity contribution in [2.45, 2.75) is 25.1 Å². The summed E-state index contributed by atoms with van der Waals surface area (Å²) in [6.45, 7) is 3.26. The smallest absolute Gasteiger partial charge is 0.154 e. The molecule has 0 aliphatic rings. The van der Waals surface area contributed by atoms with E-state index >= 15 is 0 Å². The van der Waals surface area contributed by atoms with E-state index in [9.17, 15) is 8.42 Å². The molecule has 3 nitrogen and oxygen atoms in total. The van der Waals surface area contributed by atoms with Gasteiger partial charge in [-0.2, -0.15) is 0 Å². The number of benzene rings is 1. The average Bonchev–Trinajstić information content (AvgIpc) is 2.28. The molecule has 1 aromatic carbocycles. The fourth-order valence-electron chi connectivity index (χ4n) is 1.44. The van der Waals surface area contributed by atoms with Crippen LogP contribution in [-0.2, 0) is 9.84 Å². The highest BCUT2D eigenvalue weighted by Crippen LogP contribution is 2.21.